The molecule has 2 aromatic rings. The third-order valence-corrected chi connectivity index (χ3v) is 5.90. The first-order valence-electron chi connectivity index (χ1n) is 9.67. The Bertz CT molecular complexity index is 658. The summed E-state index contributed by atoms with van der Waals surface area (Å²) in [6.07, 6.45) is -1.65. The molecule has 1 fully saturated rings. The quantitative estimate of drug-likeness (QED) is 0.569. The van der Waals surface area contributed by atoms with Crippen molar-refractivity contribution in [3.05, 3.63) is 71.8 Å². The summed E-state index contributed by atoms with van der Waals surface area (Å²) in [4.78, 5) is 0. The molecule has 0 heterocycles. The van der Waals surface area contributed by atoms with Gasteiger partial charge in [-0.15, -0.1) is 0 Å². The molecular weight excluding hydrogens is 349 g/mol. The Labute approximate surface area is 159 Å². The first kappa shape index (κ1) is 19.9. The standard InChI is InChI=1S/C23H27F3O/c1-2-27-22(23(24,25)26)15-13-21(14-16-22,17-19-9-5-3-6-10-19)18-20-11-7-4-8-12-20/h3-12H,2,13-18H2,1H3. The van der Waals surface area contributed by atoms with Crippen molar-refractivity contribution in [3.8, 4) is 0 Å². The molecule has 1 aliphatic rings. The minimum absolute atomic E-state index is 0.0318. The van der Waals surface area contributed by atoms with Gasteiger partial charge in [0.15, 0.2) is 5.60 Å². The van der Waals surface area contributed by atoms with E-state index in [2.05, 4.69) is 24.3 Å². The van der Waals surface area contributed by atoms with Gasteiger partial charge in [0.1, 0.15) is 0 Å². The summed E-state index contributed by atoms with van der Waals surface area (Å²) >= 11 is 0. The molecule has 0 saturated heterocycles. The van der Waals surface area contributed by atoms with Gasteiger partial charge in [0.2, 0.25) is 0 Å². The summed E-state index contributed by atoms with van der Waals surface area (Å²) in [7, 11) is 0. The number of benzene rings is 2. The second kappa shape index (κ2) is 8.05. The number of hydrogen-bond donors (Lipinski definition) is 0. The topological polar surface area (TPSA) is 9.23 Å². The van der Waals surface area contributed by atoms with Crippen LogP contribution in [0.5, 0.6) is 0 Å². The number of alkyl halides is 3. The van der Waals surface area contributed by atoms with Crippen LogP contribution >= 0.6 is 0 Å². The number of ether oxygens (including phenoxy) is 1. The highest BCUT2D eigenvalue weighted by Crippen LogP contribution is 2.52. The van der Waals surface area contributed by atoms with Crippen LogP contribution in [0.4, 0.5) is 13.2 Å². The van der Waals surface area contributed by atoms with E-state index in [1.165, 1.54) is 11.1 Å². The molecule has 2 aromatic carbocycles. The second-order valence-electron chi connectivity index (χ2n) is 7.75. The molecular formula is C23H27F3O. The zero-order valence-electron chi connectivity index (χ0n) is 15.8. The maximum atomic E-state index is 13.8. The maximum absolute atomic E-state index is 13.8. The van der Waals surface area contributed by atoms with E-state index in [1.807, 2.05) is 36.4 Å². The molecule has 1 saturated carbocycles. The van der Waals surface area contributed by atoms with Crippen molar-refractivity contribution in [2.24, 2.45) is 5.41 Å². The van der Waals surface area contributed by atoms with Gasteiger partial charge in [0, 0.05) is 6.61 Å². The predicted octanol–water partition coefficient (Wildman–Crippen LogP) is 6.37. The van der Waals surface area contributed by atoms with E-state index in [1.54, 1.807) is 6.92 Å². The molecule has 0 aliphatic heterocycles. The van der Waals surface area contributed by atoms with E-state index in [0.717, 1.165) is 12.8 Å². The van der Waals surface area contributed by atoms with Crippen LogP contribution in [0.1, 0.15) is 43.7 Å². The Morgan fingerprint density at radius 3 is 1.59 bits per heavy atom. The van der Waals surface area contributed by atoms with Crippen LogP contribution in [0.25, 0.3) is 0 Å². The molecule has 0 radical (unpaired) electrons. The molecule has 0 spiro atoms. The second-order valence-corrected chi connectivity index (χ2v) is 7.75. The molecule has 0 aromatic heterocycles. The molecule has 3 rings (SSSR count). The molecule has 27 heavy (non-hydrogen) atoms. The van der Waals surface area contributed by atoms with Crippen molar-refractivity contribution in [2.45, 2.75) is 57.2 Å². The van der Waals surface area contributed by atoms with Gasteiger partial charge in [-0.2, -0.15) is 13.2 Å². The Balaban J connectivity index is 1.86. The molecule has 1 aliphatic carbocycles. The van der Waals surface area contributed by atoms with Crippen LogP contribution in [-0.4, -0.2) is 18.4 Å². The summed E-state index contributed by atoms with van der Waals surface area (Å²) in [5, 5.41) is 0. The van der Waals surface area contributed by atoms with E-state index >= 15 is 0 Å². The van der Waals surface area contributed by atoms with Gasteiger partial charge in [0.05, 0.1) is 0 Å². The highest BCUT2D eigenvalue weighted by atomic mass is 19.4. The summed E-state index contributed by atoms with van der Waals surface area (Å²) in [5.74, 6) is 0. The van der Waals surface area contributed by atoms with E-state index in [-0.39, 0.29) is 24.9 Å². The minimum Gasteiger partial charge on any atom is -0.366 e. The van der Waals surface area contributed by atoms with E-state index in [0.29, 0.717) is 12.8 Å². The zero-order valence-corrected chi connectivity index (χ0v) is 15.8. The van der Waals surface area contributed by atoms with Crippen molar-refractivity contribution in [2.75, 3.05) is 6.61 Å². The molecule has 4 heteroatoms. The third kappa shape index (κ3) is 4.55. The lowest BCUT2D eigenvalue weighted by atomic mass is 9.63. The van der Waals surface area contributed by atoms with Gasteiger partial charge in [-0.3, -0.25) is 0 Å². The van der Waals surface area contributed by atoms with Crippen molar-refractivity contribution < 1.29 is 17.9 Å². The number of halogens is 3. The summed E-state index contributed by atoms with van der Waals surface area (Å²) < 4.78 is 46.6. The van der Waals surface area contributed by atoms with E-state index in [9.17, 15) is 13.2 Å². The number of rotatable bonds is 6. The van der Waals surface area contributed by atoms with Gasteiger partial charge in [-0.1, -0.05) is 60.7 Å². The van der Waals surface area contributed by atoms with E-state index < -0.39 is 11.8 Å². The minimum atomic E-state index is -4.32. The Morgan fingerprint density at radius 2 is 1.22 bits per heavy atom. The van der Waals surface area contributed by atoms with Crippen molar-refractivity contribution in [1.82, 2.24) is 0 Å². The monoisotopic (exact) mass is 376 g/mol. The smallest absolute Gasteiger partial charge is 0.366 e. The fourth-order valence-electron chi connectivity index (χ4n) is 4.44. The van der Waals surface area contributed by atoms with Gasteiger partial charge in [-0.05, 0) is 62.0 Å². The Hall–Kier alpha value is -1.81. The van der Waals surface area contributed by atoms with Gasteiger partial charge < -0.3 is 4.74 Å². The molecule has 1 nitrogen and oxygen atoms in total. The average Bonchev–Trinajstić information content (AvgIpc) is 2.65. The lowest BCUT2D eigenvalue weighted by molar-refractivity contribution is -0.292. The van der Waals surface area contributed by atoms with Crippen LogP contribution in [0.3, 0.4) is 0 Å². The fourth-order valence-corrected chi connectivity index (χ4v) is 4.44. The van der Waals surface area contributed by atoms with Gasteiger partial charge in [0.25, 0.3) is 0 Å². The first-order valence-corrected chi connectivity index (χ1v) is 9.67. The van der Waals surface area contributed by atoms with Crippen molar-refractivity contribution >= 4 is 0 Å². The third-order valence-electron chi connectivity index (χ3n) is 5.90. The summed E-state index contributed by atoms with van der Waals surface area (Å²) in [6.45, 7) is 1.73. The highest BCUT2D eigenvalue weighted by molar-refractivity contribution is 5.22. The van der Waals surface area contributed by atoms with Crippen LogP contribution in [0, 0.1) is 5.41 Å². The average molecular weight is 376 g/mol. The largest absolute Gasteiger partial charge is 0.417 e. The molecule has 0 unspecified atom stereocenters. The molecule has 0 bridgehead atoms. The van der Waals surface area contributed by atoms with Gasteiger partial charge in [-0.25, -0.2) is 0 Å². The molecule has 0 amide bonds. The fraction of sp³-hybridized carbons (Fsp3) is 0.478. The van der Waals surface area contributed by atoms with Crippen LogP contribution < -0.4 is 0 Å². The van der Waals surface area contributed by atoms with Crippen molar-refractivity contribution in [1.29, 1.82) is 0 Å². The SMILES string of the molecule is CCOC1(C(F)(F)F)CCC(Cc2ccccc2)(Cc2ccccc2)CC1. The zero-order chi connectivity index (χ0) is 19.4. The molecule has 0 N–H and O–H groups in total. The lowest BCUT2D eigenvalue weighted by Gasteiger charge is -2.47. The molecule has 146 valence electrons. The Kier molecular flexibility index (Phi) is 5.95. The number of hydrogen-bond acceptors (Lipinski definition) is 1. The Morgan fingerprint density at radius 1 is 0.778 bits per heavy atom. The van der Waals surface area contributed by atoms with Crippen LogP contribution in [0.2, 0.25) is 0 Å². The van der Waals surface area contributed by atoms with Crippen LogP contribution in [0.15, 0.2) is 60.7 Å². The summed E-state index contributed by atoms with van der Waals surface area (Å²) in [5.41, 5.74) is 0.210. The highest BCUT2D eigenvalue weighted by Gasteiger charge is 2.58. The first-order chi connectivity index (χ1) is 12.9. The predicted molar refractivity (Wildman–Crippen MR) is 102 cm³/mol. The van der Waals surface area contributed by atoms with E-state index in [4.69, 9.17) is 4.74 Å². The van der Waals surface area contributed by atoms with Gasteiger partial charge >= 0.3 is 6.18 Å². The normalized spacial score (nSPS) is 19.0. The lowest BCUT2D eigenvalue weighted by Crippen LogP contribution is -2.52. The maximum Gasteiger partial charge on any atom is 0.417 e. The summed E-state index contributed by atoms with van der Waals surface area (Å²) in [6, 6.07) is 20.2. The van der Waals surface area contributed by atoms with Crippen molar-refractivity contribution in [3.63, 3.8) is 0 Å². The molecule has 0 atom stereocenters. The van der Waals surface area contributed by atoms with Crippen LogP contribution in [-0.2, 0) is 17.6 Å².